The molecule has 0 aromatic rings. The number of nitrogens with one attached hydrogen (secondary N) is 2. The van der Waals surface area contributed by atoms with E-state index in [0.29, 0.717) is 0 Å². The molecule has 2 N–H and O–H groups in total. The Labute approximate surface area is 117 Å². The molecule has 110 valence electrons. The highest BCUT2D eigenvalue weighted by Gasteiger charge is 2.34. The standard InChI is InChI=1S/C16H30N2O/c1-3-14(16-5-2-9-17-16)15(4-1)18-10-6-13-7-11-19-12-8-13/h13-18H,1-12H2. The van der Waals surface area contributed by atoms with Crippen LogP contribution in [0.15, 0.2) is 0 Å². The van der Waals surface area contributed by atoms with Gasteiger partial charge in [0.1, 0.15) is 0 Å². The Morgan fingerprint density at radius 3 is 2.68 bits per heavy atom. The normalized spacial score (nSPS) is 36.9. The van der Waals surface area contributed by atoms with Crippen molar-refractivity contribution in [2.75, 3.05) is 26.3 Å². The van der Waals surface area contributed by atoms with Crippen molar-refractivity contribution in [1.82, 2.24) is 10.6 Å². The summed E-state index contributed by atoms with van der Waals surface area (Å²) in [6, 6.07) is 1.60. The van der Waals surface area contributed by atoms with Crippen molar-refractivity contribution < 1.29 is 4.74 Å². The number of ether oxygens (including phenoxy) is 1. The van der Waals surface area contributed by atoms with E-state index in [1.54, 1.807) is 0 Å². The van der Waals surface area contributed by atoms with Crippen LogP contribution in [0.25, 0.3) is 0 Å². The first-order valence-electron chi connectivity index (χ1n) is 8.48. The second-order valence-electron chi connectivity index (χ2n) is 6.70. The first-order valence-corrected chi connectivity index (χ1v) is 8.48. The Balaban J connectivity index is 1.38. The molecule has 1 saturated carbocycles. The number of hydrogen-bond donors (Lipinski definition) is 2. The van der Waals surface area contributed by atoms with Crippen LogP contribution in [0.5, 0.6) is 0 Å². The Bertz CT molecular complexity index is 259. The van der Waals surface area contributed by atoms with Crippen LogP contribution < -0.4 is 10.6 Å². The smallest absolute Gasteiger partial charge is 0.0468 e. The summed E-state index contributed by atoms with van der Waals surface area (Å²) < 4.78 is 5.44. The summed E-state index contributed by atoms with van der Waals surface area (Å²) in [5, 5.41) is 7.59. The van der Waals surface area contributed by atoms with Gasteiger partial charge < -0.3 is 15.4 Å². The van der Waals surface area contributed by atoms with Gasteiger partial charge in [-0.3, -0.25) is 0 Å². The Kier molecular flexibility index (Phi) is 5.14. The molecule has 0 bridgehead atoms. The van der Waals surface area contributed by atoms with Gasteiger partial charge in [0.25, 0.3) is 0 Å². The highest BCUT2D eigenvalue weighted by molar-refractivity contribution is 4.93. The molecule has 19 heavy (non-hydrogen) atoms. The quantitative estimate of drug-likeness (QED) is 0.801. The molecule has 3 heteroatoms. The summed E-state index contributed by atoms with van der Waals surface area (Å²) in [6.45, 7) is 4.44. The maximum absolute atomic E-state index is 5.44. The minimum absolute atomic E-state index is 0.787. The first kappa shape index (κ1) is 13.8. The van der Waals surface area contributed by atoms with E-state index in [0.717, 1.165) is 37.1 Å². The van der Waals surface area contributed by atoms with Crippen LogP contribution in [-0.2, 0) is 4.74 Å². The predicted molar refractivity (Wildman–Crippen MR) is 78.3 cm³/mol. The van der Waals surface area contributed by atoms with Crippen LogP contribution in [-0.4, -0.2) is 38.4 Å². The van der Waals surface area contributed by atoms with Crippen molar-refractivity contribution in [2.24, 2.45) is 11.8 Å². The van der Waals surface area contributed by atoms with Gasteiger partial charge >= 0.3 is 0 Å². The molecule has 3 unspecified atom stereocenters. The minimum atomic E-state index is 0.787. The molecule has 3 aliphatic rings. The molecule has 3 atom stereocenters. The van der Waals surface area contributed by atoms with Gasteiger partial charge in [-0.15, -0.1) is 0 Å². The van der Waals surface area contributed by atoms with E-state index in [9.17, 15) is 0 Å². The third-order valence-electron chi connectivity index (χ3n) is 5.48. The van der Waals surface area contributed by atoms with E-state index < -0.39 is 0 Å². The zero-order valence-corrected chi connectivity index (χ0v) is 12.2. The van der Waals surface area contributed by atoms with Crippen molar-refractivity contribution in [1.29, 1.82) is 0 Å². The summed E-state index contributed by atoms with van der Waals surface area (Å²) in [5.74, 6) is 1.81. The van der Waals surface area contributed by atoms with Crippen LogP contribution >= 0.6 is 0 Å². The zero-order chi connectivity index (χ0) is 12.9. The SMILES string of the molecule is C1CNC(C2CCCC2NCCC2CCOCC2)C1. The average molecular weight is 266 g/mol. The molecular formula is C16H30N2O. The molecule has 0 spiro atoms. The maximum atomic E-state index is 5.44. The van der Waals surface area contributed by atoms with Gasteiger partial charge in [-0.2, -0.15) is 0 Å². The largest absolute Gasteiger partial charge is 0.381 e. The zero-order valence-electron chi connectivity index (χ0n) is 12.2. The predicted octanol–water partition coefficient (Wildman–Crippen LogP) is 2.31. The Hall–Kier alpha value is -0.120. The fraction of sp³-hybridized carbons (Fsp3) is 1.00. The van der Waals surface area contributed by atoms with Crippen molar-refractivity contribution in [3.63, 3.8) is 0 Å². The number of rotatable bonds is 5. The molecule has 3 fully saturated rings. The van der Waals surface area contributed by atoms with Crippen molar-refractivity contribution in [2.45, 2.75) is 63.5 Å². The van der Waals surface area contributed by atoms with Gasteiger partial charge in [-0.05, 0) is 69.9 Å². The summed E-state index contributed by atoms with van der Waals surface area (Å²) in [5.41, 5.74) is 0. The van der Waals surface area contributed by atoms with Crippen LogP contribution in [0.2, 0.25) is 0 Å². The maximum Gasteiger partial charge on any atom is 0.0468 e. The molecule has 0 radical (unpaired) electrons. The van der Waals surface area contributed by atoms with Crippen LogP contribution in [0.4, 0.5) is 0 Å². The van der Waals surface area contributed by atoms with E-state index in [2.05, 4.69) is 10.6 Å². The molecule has 0 aromatic carbocycles. The third kappa shape index (κ3) is 3.71. The molecule has 2 heterocycles. The lowest BCUT2D eigenvalue weighted by molar-refractivity contribution is 0.0636. The molecule has 2 aliphatic heterocycles. The number of hydrogen-bond acceptors (Lipinski definition) is 3. The lowest BCUT2D eigenvalue weighted by Crippen LogP contribution is -2.42. The molecule has 0 aromatic heterocycles. The van der Waals surface area contributed by atoms with Crippen LogP contribution in [0, 0.1) is 11.8 Å². The second-order valence-corrected chi connectivity index (χ2v) is 6.70. The fourth-order valence-electron chi connectivity index (χ4n) is 4.31. The van der Waals surface area contributed by atoms with Gasteiger partial charge in [0.15, 0.2) is 0 Å². The van der Waals surface area contributed by atoms with Gasteiger partial charge in [0.2, 0.25) is 0 Å². The van der Waals surface area contributed by atoms with E-state index >= 15 is 0 Å². The average Bonchev–Trinajstić information content (AvgIpc) is 3.10. The summed E-state index contributed by atoms with van der Waals surface area (Å²) in [6.07, 6.45) is 11.0. The summed E-state index contributed by atoms with van der Waals surface area (Å²) in [7, 11) is 0. The van der Waals surface area contributed by atoms with Crippen molar-refractivity contribution >= 4 is 0 Å². The van der Waals surface area contributed by atoms with Gasteiger partial charge in [-0.1, -0.05) is 6.42 Å². The Morgan fingerprint density at radius 2 is 1.89 bits per heavy atom. The van der Waals surface area contributed by atoms with Gasteiger partial charge in [0.05, 0.1) is 0 Å². The molecule has 3 rings (SSSR count). The van der Waals surface area contributed by atoms with Gasteiger partial charge in [-0.25, -0.2) is 0 Å². The molecule has 1 aliphatic carbocycles. The van der Waals surface area contributed by atoms with E-state index in [4.69, 9.17) is 4.74 Å². The lowest BCUT2D eigenvalue weighted by Gasteiger charge is -2.28. The van der Waals surface area contributed by atoms with E-state index in [1.807, 2.05) is 0 Å². The van der Waals surface area contributed by atoms with Crippen molar-refractivity contribution in [3.8, 4) is 0 Å². The molecular weight excluding hydrogens is 236 g/mol. The van der Waals surface area contributed by atoms with Gasteiger partial charge in [0, 0.05) is 25.3 Å². The second kappa shape index (κ2) is 7.05. The van der Waals surface area contributed by atoms with E-state index in [1.165, 1.54) is 64.5 Å². The lowest BCUT2D eigenvalue weighted by atomic mass is 9.92. The monoisotopic (exact) mass is 266 g/mol. The van der Waals surface area contributed by atoms with E-state index in [-0.39, 0.29) is 0 Å². The highest BCUT2D eigenvalue weighted by Crippen LogP contribution is 2.32. The first-order chi connectivity index (χ1) is 9.43. The molecule has 0 amide bonds. The van der Waals surface area contributed by atoms with Crippen LogP contribution in [0.3, 0.4) is 0 Å². The van der Waals surface area contributed by atoms with Crippen LogP contribution in [0.1, 0.15) is 51.4 Å². The summed E-state index contributed by atoms with van der Waals surface area (Å²) in [4.78, 5) is 0. The third-order valence-corrected chi connectivity index (χ3v) is 5.48. The molecule has 2 saturated heterocycles. The van der Waals surface area contributed by atoms with Crippen molar-refractivity contribution in [3.05, 3.63) is 0 Å². The summed E-state index contributed by atoms with van der Waals surface area (Å²) >= 11 is 0. The molecule has 3 nitrogen and oxygen atoms in total. The highest BCUT2D eigenvalue weighted by atomic mass is 16.5. The Morgan fingerprint density at radius 1 is 1.00 bits per heavy atom. The topological polar surface area (TPSA) is 33.3 Å². The minimum Gasteiger partial charge on any atom is -0.381 e. The fourth-order valence-corrected chi connectivity index (χ4v) is 4.31.